The molecule has 0 fully saturated rings. The summed E-state index contributed by atoms with van der Waals surface area (Å²) in [6.45, 7) is 0. The number of tetrazole rings is 1. The molecule has 4 rings (SSSR count). The fourth-order valence-electron chi connectivity index (χ4n) is 2.65. The summed E-state index contributed by atoms with van der Waals surface area (Å²) in [5, 5.41) is 21.9. The van der Waals surface area contributed by atoms with Crippen molar-refractivity contribution in [2.24, 2.45) is 0 Å². The minimum Gasteiger partial charge on any atom is -0.308 e. The SMILES string of the molecule is O=C(Nc1ccc2ccccc2c1)Nc1cc(Cl)ccc1-c1nnn[nH]1. The number of benzene rings is 3. The van der Waals surface area contributed by atoms with E-state index in [-0.39, 0.29) is 0 Å². The molecule has 2 amide bonds. The molecular weight excluding hydrogens is 352 g/mol. The highest BCUT2D eigenvalue weighted by Crippen LogP contribution is 2.28. The number of hydrogen-bond donors (Lipinski definition) is 3. The average Bonchev–Trinajstić information content (AvgIpc) is 3.16. The van der Waals surface area contributed by atoms with Gasteiger partial charge in [-0.05, 0) is 51.5 Å². The van der Waals surface area contributed by atoms with Gasteiger partial charge in [-0.3, -0.25) is 0 Å². The Morgan fingerprint density at radius 3 is 2.62 bits per heavy atom. The second kappa shape index (κ2) is 6.81. The zero-order valence-electron chi connectivity index (χ0n) is 13.4. The summed E-state index contributed by atoms with van der Waals surface area (Å²) in [5.74, 6) is 0.433. The maximum Gasteiger partial charge on any atom is 0.323 e. The van der Waals surface area contributed by atoms with Crippen molar-refractivity contribution in [2.75, 3.05) is 10.6 Å². The first-order chi connectivity index (χ1) is 12.7. The second-order valence-electron chi connectivity index (χ2n) is 5.58. The summed E-state index contributed by atoms with van der Waals surface area (Å²) >= 11 is 6.05. The number of hydrogen-bond acceptors (Lipinski definition) is 4. The number of carbonyl (C=O) groups excluding carboxylic acids is 1. The van der Waals surface area contributed by atoms with Crippen molar-refractivity contribution >= 4 is 39.8 Å². The maximum absolute atomic E-state index is 12.4. The number of amides is 2. The third-order valence-electron chi connectivity index (χ3n) is 3.84. The van der Waals surface area contributed by atoms with E-state index >= 15 is 0 Å². The Kier molecular flexibility index (Phi) is 4.20. The van der Waals surface area contributed by atoms with Crippen LogP contribution in [0.2, 0.25) is 5.02 Å². The maximum atomic E-state index is 12.4. The number of anilines is 2. The van der Waals surface area contributed by atoms with Crippen LogP contribution >= 0.6 is 11.6 Å². The van der Waals surface area contributed by atoms with Crippen molar-refractivity contribution in [1.29, 1.82) is 0 Å². The summed E-state index contributed by atoms with van der Waals surface area (Å²) < 4.78 is 0. The number of aromatic nitrogens is 4. The van der Waals surface area contributed by atoms with E-state index in [1.807, 2.05) is 42.5 Å². The third-order valence-corrected chi connectivity index (χ3v) is 4.07. The van der Waals surface area contributed by atoms with E-state index in [9.17, 15) is 4.79 Å². The predicted octanol–water partition coefficient (Wildman–Crippen LogP) is 4.32. The molecule has 26 heavy (non-hydrogen) atoms. The molecule has 8 heteroatoms. The molecule has 1 heterocycles. The summed E-state index contributed by atoms with van der Waals surface area (Å²) in [5.41, 5.74) is 1.81. The molecule has 0 spiro atoms. The van der Waals surface area contributed by atoms with E-state index in [1.165, 1.54) is 0 Å². The van der Waals surface area contributed by atoms with Crippen LogP contribution in [0.25, 0.3) is 22.2 Å². The first-order valence-corrected chi connectivity index (χ1v) is 8.17. The molecule has 0 aliphatic carbocycles. The first kappa shape index (κ1) is 16.0. The van der Waals surface area contributed by atoms with E-state index in [4.69, 9.17) is 11.6 Å². The Morgan fingerprint density at radius 1 is 0.962 bits per heavy atom. The molecule has 0 aliphatic rings. The Labute approximate surface area is 153 Å². The molecule has 0 saturated carbocycles. The molecule has 0 saturated heterocycles. The Bertz CT molecular complexity index is 1080. The van der Waals surface area contributed by atoms with Gasteiger partial charge in [0.1, 0.15) is 0 Å². The molecule has 0 aliphatic heterocycles. The standard InChI is InChI=1S/C18H13ClN6O/c19-13-6-8-15(17-22-24-25-23-17)16(10-13)21-18(26)20-14-7-5-11-3-1-2-4-12(11)9-14/h1-10H,(H2,20,21,26)(H,22,23,24,25). The number of carbonyl (C=O) groups is 1. The molecule has 4 aromatic rings. The second-order valence-corrected chi connectivity index (χ2v) is 6.02. The third kappa shape index (κ3) is 3.33. The Hall–Kier alpha value is -3.45. The van der Waals surface area contributed by atoms with E-state index < -0.39 is 6.03 Å². The van der Waals surface area contributed by atoms with Crippen LogP contribution in [0.3, 0.4) is 0 Å². The van der Waals surface area contributed by atoms with Crippen molar-refractivity contribution in [3.63, 3.8) is 0 Å². The minimum absolute atomic E-state index is 0.392. The molecule has 1 aromatic heterocycles. The van der Waals surface area contributed by atoms with Gasteiger partial charge in [0.2, 0.25) is 0 Å². The van der Waals surface area contributed by atoms with E-state index in [2.05, 4.69) is 31.3 Å². The van der Waals surface area contributed by atoms with Crippen LogP contribution in [0, 0.1) is 0 Å². The molecule has 0 radical (unpaired) electrons. The predicted molar refractivity (Wildman–Crippen MR) is 101 cm³/mol. The summed E-state index contributed by atoms with van der Waals surface area (Å²) in [6.07, 6.45) is 0. The number of nitrogens with one attached hydrogen (secondary N) is 3. The van der Waals surface area contributed by atoms with Gasteiger partial charge in [0.25, 0.3) is 0 Å². The molecule has 0 atom stereocenters. The van der Waals surface area contributed by atoms with E-state index in [0.29, 0.717) is 27.8 Å². The van der Waals surface area contributed by atoms with Crippen molar-refractivity contribution in [2.45, 2.75) is 0 Å². The van der Waals surface area contributed by atoms with Gasteiger partial charge in [-0.2, -0.15) is 0 Å². The van der Waals surface area contributed by atoms with Crippen LogP contribution in [0.5, 0.6) is 0 Å². The van der Waals surface area contributed by atoms with E-state index in [0.717, 1.165) is 10.8 Å². The summed E-state index contributed by atoms with van der Waals surface area (Å²) in [7, 11) is 0. The largest absolute Gasteiger partial charge is 0.323 e. The van der Waals surface area contributed by atoms with Crippen molar-refractivity contribution in [1.82, 2.24) is 20.6 Å². The van der Waals surface area contributed by atoms with E-state index in [1.54, 1.807) is 18.2 Å². The highest BCUT2D eigenvalue weighted by atomic mass is 35.5. The van der Waals surface area contributed by atoms with Gasteiger partial charge in [0, 0.05) is 16.3 Å². The normalized spacial score (nSPS) is 10.7. The number of H-pyrrole nitrogens is 1. The van der Waals surface area contributed by atoms with Crippen LogP contribution in [0.1, 0.15) is 0 Å². The van der Waals surface area contributed by atoms with Crippen LogP contribution < -0.4 is 10.6 Å². The average molecular weight is 365 g/mol. The van der Waals surface area contributed by atoms with Gasteiger partial charge in [0.15, 0.2) is 5.82 Å². The van der Waals surface area contributed by atoms with Gasteiger partial charge >= 0.3 is 6.03 Å². The summed E-state index contributed by atoms with van der Waals surface area (Å²) in [6, 6.07) is 18.3. The monoisotopic (exact) mass is 364 g/mol. The van der Waals surface area contributed by atoms with Crippen LogP contribution in [0.4, 0.5) is 16.2 Å². The molecule has 128 valence electrons. The van der Waals surface area contributed by atoms with Crippen LogP contribution in [-0.4, -0.2) is 26.7 Å². The number of fused-ring (bicyclic) bond motifs is 1. The first-order valence-electron chi connectivity index (χ1n) is 7.79. The fourth-order valence-corrected chi connectivity index (χ4v) is 2.82. The van der Waals surface area contributed by atoms with Crippen LogP contribution in [0.15, 0.2) is 60.7 Å². The Balaban J connectivity index is 1.57. The number of aromatic amines is 1. The lowest BCUT2D eigenvalue weighted by Gasteiger charge is -2.11. The van der Waals surface area contributed by atoms with Crippen LogP contribution in [-0.2, 0) is 0 Å². The molecule has 0 unspecified atom stereocenters. The smallest absolute Gasteiger partial charge is 0.308 e. The quantitative estimate of drug-likeness (QED) is 0.504. The Morgan fingerprint density at radius 2 is 1.81 bits per heavy atom. The minimum atomic E-state index is -0.392. The topological polar surface area (TPSA) is 95.6 Å². The molecule has 3 aromatic carbocycles. The van der Waals surface area contributed by atoms with Gasteiger partial charge in [-0.25, -0.2) is 9.89 Å². The lowest BCUT2D eigenvalue weighted by Crippen LogP contribution is -2.20. The molecule has 3 N–H and O–H groups in total. The highest BCUT2D eigenvalue weighted by Gasteiger charge is 2.12. The highest BCUT2D eigenvalue weighted by molar-refractivity contribution is 6.31. The van der Waals surface area contributed by atoms with Gasteiger partial charge in [0.05, 0.1) is 5.69 Å². The molecule has 0 bridgehead atoms. The van der Waals surface area contributed by atoms with Gasteiger partial charge in [-0.15, -0.1) is 5.10 Å². The van der Waals surface area contributed by atoms with Gasteiger partial charge < -0.3 is 10.6 Å². The number of rotatable bonds is 3. The number of urea groups is 1. The fraction of sp³-hybridized carbons (Fsp3) is 0. The lowest BCUT2D eigenvalue weighted by molar-refractivity contribution is 0.262. The molecular formula is C18H13ClN6O. The van der Waals surface area contributed by atoms with Crippen molar-refractivity contribution in [3.8, 4) is 11.4 Å². The zero-order valence-corrected chi connectivity index (χ0v) is 14.2. The summed E-state index contributed by atoms with van der Waals surface area (Å²) in [4.78, 5) is 12.4. The zero-order chi connectivity index (χ0) is 17.9. The number of halogens is 1. The number of nitrogens with zero attached hydrogens (tertiary/aromatic N) is 3. The lowest BCUT2D eigenvalue weighted by atomic mass is 10.1. The van der Waals surface area contributed by atoms with Crippen molar-refractivity contribution in [3.05, 3.63) is 65.7 Å². The molecule has 7 nitrogen and oxygen atoms in total. The van der Waals surface area contributed by atoms with Crippen molar-refractivity contribution < 1.29 is 4.79 Å². The van der Waals surface area contributed by atoms with Gasteiger partial charge in [-0.1, -0.05) is 41.9 Å².